The third kappa shape index (κ3) is 17.0. The molecule has 0 radical (unpaired) electrons. The van der Waals surface area contributed by atoms with Crippen molar-refractivity contribution in [3.05, 3.63) is 83.2 Å². The topological polar surface area (TPSA) is 217 Å². The minimum absolute atomic E-state index is 0. The smallest absolute Gasteiger partial charge is 0.451 e. The van der Waals surface area contributed by atoms with E-state index in [1.807, 2.05) is 0 Å². The molecule has 6 rings (SSSR count). The Bertz CT molecular complexity index is 2620. The predicted octanol–water partition coefficient (Wildman–Crippen LogP) is 10.9. The van der Waals surface area contributed by atoms with Crippen LogP contribution in [0.5, 0.6) is 0 Å². The maximum absolute atomic E-state index is 14.5. The number of ketones is 1. The molecule has 0 aromatic carbocycles. The second kappa shape index (κ2) is 25.6. The first kappa shape index (κ1) is 63.8. The second-order valence-corrected chi connectivity index (χ2v) is 19.0. The van der Waals surface area contributed by atoms with Crippen molar-refractivity contribution in [2.24, 2.45) is 5.73 Å². The lowest BCUT2D eigenvalue weighted by Gasteiger charge is -2.30. The lowest BCUT2D eigenvalue weighted by molar-refractivity contribution is -0.145. The van der Waals surface area contributed by atoms with Gasteiger partial charge in [0.2, 0.25) is 11.6 Å². The van der Waals surface area contributed by atoms with Crippen LogP contribution in [0.15, 0.2) is 49.3 Å². The van der Waals surface area contributed by atoms with E-state index in [0.717, 1.165) is 47.0 Å². The molecule has 2 saturated heterocycles. The number of aromatic nitrogens is 6. The number of carbonyl (C=O) groups excluding carboxylic acids is 3. The van der Waals surface area contributed by atoms with E-state index in [-0.39, 0.29) is 83.8 Å². The number of Topliss-reactive ketones (excluding diaryl/α,β-unsaturated/α-hetero) is 1. The Morgan fingerprint density at radius 1 is 0.632 bits per heavy atom. The molecule has 4 aromatic rings. The van der Waals surface area contributed by atoms with Gasteiger partial charge in [0.1, 0.15) is 29.6 Å². The van der Waals surface area contributed by atoms with Crippen molar-refractivity contribution in [2.45, 2.75) is 161 Å². The SMILES string of the molecule is C[C@H]1[C@H](F)C[C@@H](C(=O)CCc2cc(-c3cnc(C(F)(F)F)nc3)ncc2C(F)F)N1C(=O)OC(C)(C)C.C[C@H]1[C@H](F)C[C@@H](C(=O)O)N1C(=O)OC(C)(C)C.Cl.NCc1cc(-c2cnc(C(F)(F)F)nc2)ncc1C(F)F. The van der Waals surface area contributed by atoms with E-state index >= 15 is 0 Å². The van der Waals surface area contributed by atoms with Crippen molar-refractivity contribution in [1.29, 1.82) is 0 Å². The van der Waals surface area contributed by atoms with Crippen LogP contribution >= 0.6 is 12.4 Å². The Labute approximate surface area is 433 Å². The number of nitrogens with zero attached hydrogens (tertiary/aromatic N) is 8. The summed E-state index contributed by atoms with van der Waals surface area (Å²) in [5.74, 6) is -4.38. The fourth-order valence-electron chi connectivity index (χ4n) is 7.44. The Morgan fingerprint density at radius 3 is 1.33 bits per heavy atom. The number of rotatable bonds is 10. The number of amides is 2. The van der Waals surface area contributed by atoms with Gasteiger partial charge in [-0.2, -0.15) is 26.3 Å². The molecule has 76 heavy (non-hydrogen) atoms. The molecule has 2 amide bonds. The van der Waals surface area contributed by atoms with Gasteiger partial charge in [0.25, 0.3) is 12.9 Å². The van der Waals surface area contributed by atoms with E-state index in [1.54, 1.807) is 41.5 Å². The molecule has 0 bridgehead atoms. The van der Waals surface area contributed by atoms with Gasteiger partial charge in [-0.25, -0.2) is 60.7 Å². The minimum atomic E-state index is -4.75. The van der Waals surface area contributed by atoms with Crippen LogP contribution < -0.4 is 5.73 Å². The van der Waals surface area contributed by atoms with Crippen LogP contribution in [-0.2, 0) is 44.4 Å². The van der Waals surface area contributed by atoms with E-state index < -0.39 is 114 Å². The first-order valence-electron chi connectivity index (χ1n) is 22.6. The molecule has 29 heteroatoms. The molecule has 6 heterocycles. The number of aryl methyl sites for hydroxylation is 1. The van der Waals surface area contributed by atoms with Crippen molar-refractivity contribution in [3.8, 4) is 22.5 Å². The van der Waals surface area contributed by atoms with Gasteiger partial charge in [-0.3, -0.25) is 24.6 Å². The van der Waals surface area contributed by atoms with Gasteiger partial charge in [0, 0.05) is 85.2 Å². The number of likely N-dealkylation sites (tertiary alicyclic amines) is 2. The van der Waals surface area contributed by atoms with Crippen LogP contribution in [0, 0.1) is 0 Å². The zero-order valence-corrected chi connectivity index (χ0v) is 42.6. The molecule has 2 aliphatic heterocycles. The van der Waals surface area contributed by atoms with Crippen LogP contribution in [-0.4, -0.2) is 116 Å². The van der Waals surface area contributed by atoms with Gasteiger partial charge in [-0.05, 0) is 85.1 Å². The van der Waals surface area contributed by atoms with Crippen LogP contribution in [0.2, 0.25) is 0 Å². The number of hydrogen-bond donors (Lipinski definition) is 2. The summed E-state index contributed by atoms with van der Waals surface area (Å²) in [5.41, 5.74) is 3.64. The van der Waals surface area contributed by atoms with Crippen molar-refractivity contribution in [2.75, 3.05) is 0 Å². The number of carboxylic acids is 1. The summed E-state index contributed by atoms with van der Waals surface area (Å²) in [6.07, 6.45) is -15.0. The Balaban J connectivity index is 0.000000329. The van der Waals surface area contributed by atoms with E-state index in [9.17, 15) is 71.9 Å². The summed E-state index contributed by atoms with van der Waals surface area (Å²) in [6.45, 7) is 12.7. The number of carbonyl (C=O) groups is 4. The first-order valence-corrected chi connectivity index (χ1v) is 22.6. The van der Waals surface area contributed by atoms with Crippen LogP contribution in [0.1, 0.15) is 121 Å². The highest BCUT2D eigenvalue weighted by molar-refractivity contribution is 5.88. The Kier molecular flexibility index (Phi) is 21.5. The van der Waals surface area contributed by atoms with Crippen LogP contribution in [0.25, 0.3) is 22.5 Å². The number of pyridine rings is 2. The normalized spacial score (nSPS) is 19.8. The van der Waals surface area contributed by atoms with E-state index in [1.165, 1.54) is 26.0 Å². The quantitative estimate of drug-likeness (QED) is 0.141. The molecule has 0 aliphatic carbocycles. The average Bonchev–Trinajstić information content (AvgIpc) is 3.79. The van der Waals surface area contributed by atoms with Crippen molar-refractivity contribution < 1.29 is 86.4 Å². The predicted molar refractivity (Wildman–Crippen MR) is 248 cm³/mol. The molecular formula is C47H54ClF12N9O7. The van der Waals surface area contributed by atoms with Crippen LogP contribution in [0.3, 0.4) is 0 Å². The molecule has 6 atom stereocenters. The highest BCUT2D eigenvalue weighted by Crippen LogP contribution is 2.34. The number of carboxylic acid groups (broad SMARTS) is 1. The number of aliphatic carboxylic acids is 1. The van der Waals surface area contributed by atoms with Crippen LogP contribution in [0.4, 0.5) is 62.3 Å². The van der Waals surface area contributed by atoms with Gasteiger partial charge < -0.3 is 20.3 Å². The zero-order chi connectivity index (χ0) is 56.7. The maximum atomic E-state index is 14.5. The van der Waals surface area contributed by atoms with Crippen molar-refractivity contribution >= 4 is 36.3 Å². The Morgan fingerprint density at radius 2 is 0.987 bits per heavy atom. The van der Waals surface area contributed by atoms with Gasteiger partial charge >= 0.3 is 30.5 Å². The lowest BCUT2D eigenvalue weighted by Crippen LogP contribution is -2.47. The molecule has 2 fully saturated rings. The number of alkyl halides is 12. The summed E-state index contributed by atoms with van der Waals surface area (Å²) in [6, 6.07) is -1.44. The van der Waals surface area contributed by atoms with Gasteiger partial charge in [-0.15, -0.1) is 12.4 Å². The van der Waals surface area contributed by atoms with Crippen molar-refractivity contribution in [1.82, 2.24) is 39.7 Å². The maximum Gasteiger partial charge on any atom is 0.451 e. The number of nitrogens with two attached hydrogens (primary N) is 1. The summed E-state index contributed by atoms with van der Waals surface area (Å²) in [5, 5.41) is 8.95. The monoisotopic (exact) mass is 1120 g/mol. The first-order chi connectivity index (χ1) is 34.5. The molecule has 0 spiro atoms. The van der Waals surface area contributed by atoms with E-state index in [4.69, 9.17) is 20.3 Å². The van der Waals surface area contributed by atoms with E-state index in [2.05, 4.69) is 29.9 Å². The van der Waals surface area contributed by atoms with E-state index in [0.29, 0.717) is 0 Å². The minimum Gasteiger partial charge on any atom is -0.480 e. The molecule has 2 aliphatic rings. The molecule has 16 nitrogen and oxygen atoms in total. The molecule has 420 valence electrons. The largest absolute Gasteiger partial charge is 0.480 e. The van der Waals surface area contributed by atoms with Crippen molar-refractivity contribution in [3.63, 3.8) is 0 Å². The fourth-order valence-corrected chi connectivity index (χ4v) is 7.44. The van der Waals surface area contributed by atoms with Gasteiger partial charge in [0.15, 0.2) is 5.78 Å². The fraction of sp³-hybridized carbons (Fsp3) is 0.532. The molecule has 4 aromatic heterocycles. The third-order valence-electron chi connectivity index (χ3n) is 11.1. The molecule has 0 unspecified atom stereocenters. The zero-order valence-electron chi connectivity index (χ0n) is 41.8. The summed E-state index contributed by atoms with van der Waals surface area (Å²) >= 11 is 0. The number of ether oxygens (including phenoxy) is 2. The second-order valence-electron chi connectivity index (χ2n) is 19.0. The third-order valence-corrected chi connectivity index (χ3v) is 11.1. The Hall–Kier alpha value is -6.45. The number of hydrogen-bond acceptors (Lipinski definition) is 13. The summed E-state index contributed by atoms with van der Waals surface area (Å²) in [7, 11) is 0. The highest BCUT2D eigenvalue weighted by atomic mass is 35.5. The summed E-state index contributed by atoms with van der Waals surface area (Å²) < 4.78 is 166. The van der Waals surface area contributed by atoms with Gasteiger partial charge in [0.05, 0.1) is 29.5 Å². The number of halogens is 13. The summed E-state index contributed by atoms with van der Waals surface area (Å²) in [4.78, 5) is 70.9. The standard InChI is InChI=1S/C24H26F6N4O3.C12H9F5N4.C11H18FNO4.ClH/c1-12-16(25)8-18(34(12)22(36)37-23(2,3)4)19(35)6-5-13-7-17(31-11-15(13)20(26)27)14-9-32-21(33-10-14)24(28,29)30;13-10(14)8-5-19-9(1-6(8)2-18)7-3-20-11(21-4-7)12(15,16)17;1-6-7(12)5-8(9(14)15)13(6)10(16)17-11(2,3)4;/h7,9-12,16,18,20H,5-6,8H2,1-4H3;1,3-5,10H,2,18H2;6-8H,5H2,1-4H3,(H,14,15);1H/t12-,16+,18-;;6-,7+,8-;/m0.0./s1. The molecular weight excluding hydrogens is 1070 g/mol. The highest BCUT2D eigenvalue weighted by Gasteiger charge is 2.48. The lowest BCUT2D eigenvalue weighted by atomic mass is 9.98. The molecule has 3 N–H and O–H groups in total. The molecule has 0 saturated carbocycles. The van der Waals surface area contributed by atoms with Gasteiger partial charge in [-0.1, -0.05) is 0 Å². The average molecular weight is 1120 g/mol.